The molecule has 0 saturated carbocycles. The van der Waals surface area contributed by atoms with Gasteiger partial charge in [-0.2, -0.15) is 0 Å². The number of aromatic nitrogens is 2. The minimum absolute atomic E-state index is 0.0504. The van der Waals surface area contributed by atoms with Gasteiger partial charge in [-0.05, 0) is 38.8 Å². The van der Waals surface area contributed by atoms with Gasteiger partial charge in [-0.1, -0.05) is 17.7 Å². The van der Waals surface area contributed by atoms with E-state index in [-0.39, 0.29) is 18.6 Å². The van der Waals surface area contributed by atoms with E-state index in [9.17, 15) is 4.79 Å². The Balaban J connectivity index is 1.82. The van der Waals surface area contributed by atoms with E-state index in [1.807, 2.05) is 38.1 Å². The van der Waals surface area contributed by atoms with Crippen LogP contribution in [0.1, 0.15) is 37.6 Å². The Labute approximate surface area is 135 Å². The molecule has 1 aromatic heterocycles. The van der Waals surface area contributed by atoms with Gasteiger partial charge in [-0.25, -0.2) is 0 Å². The minimum atomic E-state index is -0.0504. The minimum Gasteiger partial charge on any atom is -0.421 e. The highest BCUT2D eigenvalue weighted by Gasteiger charge is 2.12. The number of nitrogens with zero attached hydrogens (tertiary/aromatic N) is 2. The molecule has 2 aromatic rings. The standard InChI is InChI=1S/C17H23N3O3/c1-12-5-7-14(8-6-12)17-20-19-16(23-17)10-9-15(22)18-13(2)4-3-11-21/h5-8,13,21H,3-4,9-11H2,1-2H3,(H,18,22). The summed E-state index contributed by atoms with van der Waals surface area (Å²) in [7, 11) is 0. The lowest BCUT2D eigenvalue weighted by Gasteiger charge is -2.12. The van der Waals surface area contributed by atoms with Crippen LogP contribution in [0.25, 0.3) is 11.5 Å². The third-order valence-electron chi connectivity index (χ3n) is 3.53. The van der Waals surface area contributed by atoms with Crippen LogP contribution in [0, 0.1) is 6.92 Å². The van der Waals surface area contributed by atoms with Gasteiger partial charge in [0, 0.05) is 31.1 Å². The fraction of sp³-hybridized carbons (Fsp3) is 0.471. The van der Waals surface area contributed by atoms with Crippen LogP contribution in [0.3, 0.4) is 0 Å². The van der Waals surface area contributed by atoms with Crippen LogP contribution >= 0.6 is 0 Å². The van der Waals surface area contributed by atoms with Crippen LogP contribution in [0.2, 0.25) is 0 Å². The molecule has 1 aromatic carbocycles. The summed E-state index contributed by atoms with van der Waals surface area (Å²) < 4.78 is 5.59. The zero-order valence-electron chi connectivity index (χ0n) is 13.6. The normalized spacial score (nSPS) is 12.1. The van der Waals surface area contributed by atoms with Crippen molar-refractivity contribution in [2.45, 2.75) is 45.6 Å². The van der Waals surface area contributed by atoms with Gasteiger partial charge < -0.3 is 14.8 Å². The first kappa shape index (κ1) is 17.1. The summed E-state index contributed by atoms with van der Waals surface area (Å²) in [6.45, 7) is 4.09. The second kappa shape index (κ2) is 8.43. The van der Waals surface area contributed by atoms with Crippen LogP contribution in [0.5, 0.6) is 0 Å². The number of carbonyl (C=O) groups is 1. The third kappa shape index (κ3) is 5.49. The molecule has 6 heteroatoms. The van der Waals surface area contributed by atoms with Gasteiger partial charge in [0.25, 0.3) is 0 Å². The van der Waals surface area contributed by atoms with E-state index in [4.69, 9.17) is 9.52 Å². The van der Waals surface area contributed by atoms with Gasteiger partial charge in [-0.15, -0.1) is 10.2 Å². The van der Waals surface area contributed by atoms with Crippen LogP contribution in [0.4, 0.5) is 0 Å². The number of aliphatic hydroxyl groups is 1. The van der Waals surface area contributed by atoms with Crippen molar-refractivity contribution in [1.82, 2.24) is 15.5 Å². The zero-order valence-corrected chi connectivity index (χ0v) is 13.6. The number of rotatable bonds is 8. The molecule has 2 rings (SSSR count). The van der Waals surface area contributed by atoms with Crippen LogP contribution in [0.15, 0.2) is 28.7 Å². The first-order valence-corrected chi connectivity index (χ1v) is 7.88. The summed E-state index contributed by atoms with van der Waals surface area (Å²) in [5, 5.41) is 19.7. The lowest BCUT2D eigenvalue weighted by molar-refractivity contribution is -0.121. The number of nitrogens with one attached hydrogen (secondary N) is 1. The van der Waals surface area contributed by atoms with Gasteiger partial charge in [0.2, 0.25) is 17.7 Å². The molecule has 0 bridgehead atoms. The predicted molar refractivity (Wildman–Crippen MR) is 86.7 cm³/mol. The van der Waals surface area contributed by atoms with Gasteiger partial charge in [0.05, 0.1) is 0 Å². The van der Waals surface area contributed by atoms with E-state index in [0.29, 0.717) is 31.0 Å². The van der Waals surface area contributed by atoms with Crippen molar-refractivity contribution in [3.8, 4) is 11.5 Å². The lowest BCUT2D eigenvalue weighted by Crippen LogP contribution is -2.32. The molecule has 1 heterocycles. The summed E-state index contributed by atoms with van der Waals surface area (Å²) in [5.74, 6) is 0.876. The maximum absolute atomic E-state index is 11.8. The Bertz CT molecular complexity index is 622. The highest BCUT2D eigenvalue weighted by Crippen LogP contribution is 2.18. The fourth-order valence-corrected chi connectivity index (χ4v) is 2.20. The summed E-state index contributed by atoms with van der Waals surface area (Å²) in [6.07, 6.45) is 2.17. The number of benzene rings is 1. The molecule has 2 N–H and O–H groups in total. The summed E-state index contributed by atoms with van der Waals surface area (Å²) in [5.41, 5.74) is 2.04. The quantitative estimate of drug-likeness (QED) is 0.779. The maximum atomic E-state index is 11.8. The van der Waals surface area contributed by atoms with Crippen molar-refractivity contribution in [2.75, 3.05) is 6.61 Å². The third-order valence-corrected chi connectivity index (χ3v) is 3.53. The molecule has 0 aliphatic rings. The summed E-state index contributed by atoms with van der Waals surface area (Å²) >= 11 is 0. The molecule has 124 valence electrons. The maximum Gasteiger partial charge on any atom is 0.247 e. The molecule has 0 aliphatic carbocycles. The second-order valence-electron chi connectivity index (χ2n) is 5.70. The second-order valence-corrected chi connectivity index (χ2v) is 5.70. The number of aryl methyl sites for hydroxylation is 2. The Morgan fingerprint density at radius 1 is 1.30 bits per heavy atom. The van der Waals surface area contributed by atoms with Gasteiger partial charge in [-0.3, -0.25) is 4.79 Å². The molecule has 6 nitrogen and oxygen atoms in total. The number of amides is 1. The van der Waals surface area contributed by atoms with Crippen LogP contribution in [-0.4, -0.2) is 33.9 Å². The van der Waals surface area contributed by atoms with Crippen molar-refractivity contribution in [2.24, 2.45) is 0 Å². The molecule has 0 saturated heterocycles. The molecule has 0 radical (unpaired) electrons. The Morgan fingerprint density at radius 2 is 2.04 bits per heavy atom. The average molecular weight is 317 g/mol. The molecule has 1 amide bonds. The smallest absolute Gasteiger partial charge is 0.247 e. The van der Waals surface area contributed by atoms with Crippen molar-refractivity contribution < 1.29 is 14.3 Å². The van der Waals surface area contributed by atoms with Gasteiger partial charge in [0.1, 0.15) is 0 Å². The monoisotopic (exact) mass is 317 g/mol. The van der Waals surface area contributed by atoms with E-state index in [1.165, 1.54) is 5.56 Å². The van der Waals surface area contributed by atoms with Crippen molar-refractivity contribution in [3.05, 3.63) is 35.7 Å². The fourth-order valence-electron chi connectivity index (χ4n) is 2.20. The largest absolute Gasteiger partial charge is 0.421 e. The van der Waals surface area contributed by atoms with Crippen LogP contribution < -0.4 is 5.32 Å². The topological polar surface area (TPSA) is 88.2 Å². The molecule has 0 spiro atoms. The Kier molecular flexibility index (Phi) is 6.29. The predicted octanol–water partition coefficient (Wildman–Crippen LogP) is 2.25. The Morgan fingerprint density at radius 3 is 2.74 bits per heavy atom. The molecular formula is C17H23N3O3. The van der Waals surface area contributed by atoms with Crippen molar-refractivity contribution in [3.63, 3.8) is 0 Å². The van der Waals surface area contributed by atoms with Gasteiger partial charge in [0.15, 0.2) is 0 Å². The molecule has 1 unspecified atom stereocenters. The highest BCUT2D eigenvalue weighted by molar-refractivity contribution is 5.76. The number of carbonyl (C=O) groups excluding carboxylic acids is 1. The van der Waals surface area contributed by atoms with Gasteiger partial charge >= 0.3 is 0 Å². The summed E-state index contributed by atoms with van der Waals surface area (Å²) in [4.78, 5) is 11.8. The van der Waals surface area contributed by atoms with E-state index in [1.54, 1.807) is 0 Å². The SMILES string of the molecule is Cc1ccc(-c2nnc(CCC(=O)NC(C)CCCO)o2)cc1. The van der Waals surface area contributed by atoms with Crippen molar-refractivity contribution >= 4 is 5.91 Å². The average Bonchev–Trinajstić information content (AvgIpc) is 3.00. The molecule has 1 atom stereocenters. The van der Waals surface area contributed by atoms with Crippen LogP contribution in [-0.2, 0) is 11.2 Å². The first-order valence-electron chi connectivity index (χ1n) is 7.88. The first-order chi connectivity index (χ1) is 11.1. The van der Waals surface area contributed by atoms with E-state index >= 15 is 0 Å². The molecular weight excluding hydrogens is 294 g/mol. The highest BCUT2D eigenvalue weighted by atomic mass is 16.4. The van der Waals surface area contributed by atoms with Crippen molar-refractivity contribution in [1.29, 1.82) is 0 Å². The van der Waals surface area contributed by atoms with E-state index < -0.39 is 0 Å². The number of aliphatic hydroxyl groups excluding tert-OH is 1. The summed E-state index contributed by atoms with van der Waals surface area (Å²) in [6, 6.07) is 7.89. The van der Waals surface area contributed by atoms with E-state index in [0.717, 1.165) is 12.0 Å². The molecule has 0 fully saturated rings. The molecule has 0 aliphatic heterocycles. The molecule has 23 heavy (non-hydrogen) atoms. The lowest BCUT2D eigenvalue weighted by atomic mass is 10.1. The zero-order chi connectivity index (χ0) is 16.7. The van der Waals surface area contributed by atoms with E-state index in [2.05, 4.69) is 15.5 Å². The Hall–Kier alpha value is -2.21. The number of hydrogen-bond donors (Lipinski definition) is 2. The number of hydrogen-bond acceptors (Lipinski definition) is 5.